The molecule has 10 heteroatoms. The summed E-state index contributed by atoms with van der Waals surface area (Å²) in [4.78, 5) is 18.4. The first kappa shape index (κ1) is 16.4. The van der Waals surface area contributed by atoms with E-state index in [-0.39, 0.29) is 41.0 Å². The van der Waals surface area contributed by atoms with Gasteiger partial charge in [0.05, 0.1) is 11.5 Å². The van der Waals surface area contributed by atoms with Gasteiger partial charge in [-0.1, -0.05) is 0 Å². The SMILES string of the molecule is CSC(CO)C(C)Nc1nc(NN)nc(C)c1[N+](=O)[O-]. The molecule has 20 heavy (non-hydrogen) atoms. The lowest BCUT2D eigenvalue weighted by Crippen LogP contribution is -2.32. The monoisotopic (exact) mass is 302 g/mol. The molecule has 0 radical (unpaired) electrons. The fraction of sp³-hybridized carbons (Fsp3) is 0.600. The third kappa shape index (κ3) is 3.68. The quantitative estimate of drug-likeness (QED) is 0.322. The third-order valence-corrected chi connectivity index (χ3v) is 3.94. The van der Waals surface area contributed by atoms with Gasteiger partial charge in [-0.2, -0.15) is 16.7 Å². The molecule has 9 nitrogen and oxygen atoms in total. The number of aliphatic hydroxyl groups is 1. The Labute approximate surface area is 120 Å². The van der Waals surface area contributed by atoms with Crippen molar-refractivity contribution in [3.63, 3.8) is 0 Å². The minimum absolute atomic E-state index is 0.0464. The van der Waals surface area contributed by atoms with Crippen molar-refractivity contribution in [2.75, 3.05) is 23.6 Å². The number of hydrogen-bond acceptors (Lipinski definition) is 9. The molecule has 0 aliphatic carbocycles. The van der Waals surface area contributed by atoms with Crippen LogP contribution in [-0.4, -0.2) is 44.2 Å². The maximum absolute atomic E-state index is 11.1. The van der Waals surface area contributed by atoms with E-state index < -0.39 is 4.92 Å². The van der Waals surface area contributed by atoms with Gasteiger partial charge in [0.1, 0.15) is 5.69 Å². The van der Waals surface area contributed by atoms with Crippen LogP contribution in [0.3, 0.4) is 0 Å². The van der Waals surface area contributed by atoms with Gasteiger partial charge in [0, 0.05) is 11.3 Å². The second-order valence-electron chi connectivity index (χ2n) is 4.12. The number of nitrogens with one attached hydrogen (secondary N) is 2. The van der Waals surface area contributed by atoms with Crippen LogP contribution < -0.4 is 16.6 Å². The van der Waals surface area contributed by atoms with Gasteiger partial charge in [-0.05, 0) is 20.1 Å². The second-order valence-corrected chi connectivity index (χ2v) is 5.20. The highest BCUT2D eigenvalue weighted by Crippen LogP contribution is 2.28. The van der Waals surface area contributed by atoms with Crippen LogP contribution in [-0.2, 0) is 0 Å². The highest BCUT2D eigenvalue weighted by molar-refractivity contribution is 7.99. The number of anilines is 2. The largest absolute Gasteiger partial charge is 0.395 e. The molecule has 0 aliphatic heterocycles. The Hall–Kier alpha value is -1.65. The number of aliphatic hydroxyl groups excluding tert-OH is 1. The zero-order chi connectivity index (χ0) is 15.3. The average Bonchev–Trinajstić information content (AvgIpc) is 2.38. The van der Waals surface area contributed by atoms with Crippen molar-refractivity contribution in [2.24, 2.45) is 5.84 Å². The number of nitrogen functional groups attached to an aromatic ring is 1. The summed E-state index contributed by atoms with van der Waals surface area (Å²) in [5, 5.41) is 23.2. The van der Waals surface area contributed by atoms with Crippen molar-refractivity contribution in [1.82, 2.24) is 9.97 Å². The molecule has 2 atom stereocenters. The number of hydrazine groups is 1. The molecule has 0 saturated heterocycles. The Morgan fingerprint density at radius 2 is 2.20 bits per heavy atom. The van der Waals surface area contributed by atoms with Crippen LogP contribution in [0, 0.1) is 17.0 Å². The van der Waals surface area contributed by atoms with Crippen LogP contribution in [0.2, 0.25) is 0 Å². The lowest BCUT2D eigenvalue weighted by molar-refractivity contribution is -0.385. The molecule has 1 aromatic rings. The minimum Gasteiger partial charge on any atom is -0.395 e. The van der Waals surface area contributed by atoms with Gasteiger partial charge in [0.2, 0.25) is 11.8 Å². The maximum Gasteiger partial charge on any atom is 0.332 e. The van der Waals surface area contributed by atoms with Gasteiger partial charge in [0.15, 0.2) is 0 Å². The van der Waals surface area contributed by atoms with Crippen molar-refractivity contribution >= 4 is 29.2 Å². The van der Waals surface area contributed by atoms with Crippen LogP contribution in [0.1, 0.15) is 12.6 Å². The lowest BCUT2D eigenvalue weighted by Gasteiger charge is -2.22. The Morgan fingerprint density at radius 3 is 2.65 bits per heavy atom. The first-order valence-corrected chi connectivity index (χ1v) is 7.13. The normalized spacial score (nSPS) is 13.7. The Balaban J connectivity index is 3.14. The molecule has 0 spiro atoms. The van der Waals surface area contributed by atoms with E-state index in [0.717, 1.165) is 0 Å². The van der Waals surface area contributed by atoms with E-state index in [1.807, 2.05) is 13.2 Å². The Bertz CT molecular complexity index is 482. The molecule has 0 saturated carbocycles. The molecule has 1 heterocycles. The summed E-state index contributed by atoms with van der Waals surface area (Å²) < 4.78 is 0. The van der Waals surface area contributed by atoms with Crippen molar-refractivity contribution in [2.45, 2.75) is 25.1 Å². The third-order valence-electron chi connectivity index (χ3n) is 2.77. The standard InChI is InChI=1S/C10H18N6O3S/c1-5(7(4-17)20-3)12-9-8(16(18)19)6(2)13-10(14-9)15-11/h5,7,17H,4,11H2,1-3H3,(H2,12,13,14,15). The molecule has 112 valence electrons. The molecule has 0 aromatic carbocycles. The van der Waals surface area contributed by atoms with Crippen molar-refractivity contribution in [1.29, 1.82) is 0 Å². The first-order valence-electron chi connectivity index (χ1n) is 5.84. The summed E-state index contributed by atoms with van der Waals surface area (Å²) in [7, 11) is 0. The molecular formula is C10H18N6O3S. The van der Waals surface area contributed by atoms with E-state index in [4.69, 9.17) is 5.84 Å². The number of thioether (sulfide) groups is 1. The number of aromatic nitrogens is 2. The lowest BCUT2D eigenvalue weighted by atomic mass is 10.2. The average molecular weight is 302 g/mol. The first-order chi connectivity index (χ1) is 9.44. The minimum atomic E-state index is -0.544. The number of rotatable bonds is 7. The number of aryl methyl sites for hydroxylation is 1. The highest BCUT2D eigenvalue weighted by Gasteiger charge is 2.25. The smallest absolute Gasteiger partial charge is 0.332 e. The van der Waals surface area contributed by atoms with Crippen LogP contribution in [0.15, 0.2) is 0 Å². The number of nitrogens with two attached hydrogens (primary N) is 1. The van der Waals surface area contributed by atoms with Crippen LogP contribution in [0.5, 0.6) is 0 Å². The van der Waals surface area contributed by atoms with E-state index in [1.165, 1.54) is 18.7 Å². The predicted octanol–water partition coefficient (Wildman–Crippen LogP) is 0.503. The molecule has 1 rings (SSSR count). The fourth-order valence-electron chi connectivity index (χ4n) is 1.70. The summed E-state index contributed by atoms with van der Waals surface area (Å²) >= 11 is 1.46. The zero-order valence-electron chi connectivity index (χ0n) is 11.5. The van der Waals surface area contributed by atoms with Gasteiger partial charge in [-0.3, -0.25) is 15.5 Å². The summed E-state index contributed by atoms with van der Waals surface area (Å²) in [6.07, 6.45) is 1.85. The second kappa shape index (κ2) is 7.22. The fourth-order valence-corrected chi connectivity index (χ4v) is 2.32. The van der Waals surface area contributed by atoms with Gasteiger partial charge < -0.3 is 10.4 Å². The number of nitro groups is 1. The number of hydrogen-bond donors (Lipinski definition) is 4. The van der Waals surface area contributed by atoms with Gasteiger partial charge in [-0.15, -0.1) is 0 Å². The Morgan fingerprint density at radius 1 is 1.55 bits per heavy atom. The molecule has 2 unspecified atom stereocenters. The molecule has 1 aromatic heterocycles. The van der Waals surface area contributed by atoms with Crippen molar-refractivity contribution in [3.8, 4) is 0 Å². The van der Waals surface area contributed by atoms with Gasteiger partial charge >= 0.3 is 5.69 Å². The van der Waals surface area contributed by atoms with Gasteiger partial charge in [-0.25, -0.2) is 10.8 Å². The molecule has 0 fully saturated rings. The highest BCUT2D eigenvalue weighted by atomic mass is 32.2. The van der Waals surface area contributed by atoms with Crippen molar-refractivity contribution < 1.29 is 10.0 Å². The predicted molar refractivity (Wildman–Crippen MR) is 78.7 cm³/mol. The van der Waals surface area contributed by atoms with E-state index in [2.05, 4.69) is 20.7 Å². The summed E-state index contributed by atoms with van der Waals surface area (Å²) in [6, 6.07) is -0.214. The Kier molecular flexibility index (Phi) is 5.92. The molecular weight excluding hydrogens is 284 g/mol. The van der Waals surface area contributed by atoms with E-state index >= 15 is 0 Å². The van der Waals surface area contributed by atoms with Gasteiger partial charge in [0.25, 0.3) is 0 Å². The van der Waals surface area contributed by atoms with Crippen LogP contribution in [0.25, 0.3) is 0 Å². The van der Waals surface area contributed by atoms with Crippen LogP contribution >= 0.6 is 11.8 Å². The molecule has 0 amide bonds. The summed E-state index contributed by atoms with van der Waals surface area (Å²) in [6.45, 7) is 3.28. The summed E-state index contributed by atoms with van der Waals surface area (Å²) in [5.74, 6) is 5.41. The molecule has 5 N–H and O–H groups in total. The van der Waals surface area contributed by atoms with E-state index in [0.29, 0.717) is 0 Å². The topological polar surface area (TPSA) is 139 Å². The zero-order valence-corrected chi connectivity index (χ0v) is 12.3. The maximum atomic E-state index is 11.1. The van der Waals surface area contributed by atoms with Crippen molar-refractivity contribution in [3.05, 3.63) is 15.8 Å². The molecule has 0 aliphatic rings. The van der Waals surface area contributed by atoms with Crippen LogP contribution in [0.4, 0.5) is 17.5 Å². The van der Waals surface area contributed by atoms with E-state index in [9.17, 15) is 15.2 Å². The molecule has 0 bridgehead atoms. The van der Waals surface area contributed by atoms with E-state index in [1.54, 1.807) is 0 Å². The summed E-state index contributed by atoms with van der Waals surface area (Å²) in [5.41, 5.74) is 2.27. The number of nitrogens with zero attached hydrogens (tertiary/aromatic N) is 3.